The lowest BCUT2D eigenvalue weighted by molar-refractivity contribution is -0.128. The van der Waals surface area contributed by atoms with Gasteiger partial charge in [0.15, 0.2) is 0 Å². The third kappa shape index (κ3) is 1.82. The number of aromatic nitrogens is 4. The van der Waals surface area contributed by atoms with Gasteiger partial charge in [0.2, 0.25) is 10.7 Å². The van der Waals surface area contributed by atoms with Gasteiger partial charge in [0.1, 0.15) is 5.54 Å². The SMILES string of the molecule is CCNC(=O)C(C)(C)n1[nH]nnc1=S. The largest absolute Gasteiger partial charge is 0.354 e. The van der Waals surface area contributed by atoms with Crippen molar-refractivity contribution in [2.24, 2.45) is 0 Å². The third-order valence-corrected chi connectivity index (χ3v) is 2.19. The summed E-state index contributed by atoms with van der Waals surface area (Å²) in [7, 11) is 0. The number of nitrogens with zero attached hydrogens (tertiary/aromatic N) is 3. The Kier molecular flexibility index (Phi) is 3.00. The highest BCUT2D eigenvalue weighted by molar-refractivity contribution is 7.71. The molecule has 0 bridgehead atoms. The Labute approximate surface area is 86.7 Å². The molecule has 0 atom stereocenters. The van der Waals surface area contributed by atoms with Gasteiger partial charge in [-0.2, -0.15) is 5.21 Å². The standard InChI is InChI=1S/C7H13N5OS/c1-4-8-5(13)7(2,3)12-6(14)9-10-11-12/h4H2,1-3H3,(H,8,13)(H,9,11,14). The van der Waals surface area contributed by atoms with Crippen LogP contribution in [0.15, 0.2) is 0 Å². The molecule has 1 heterocycles. The maximum atomic E-state index is 11.7. The van der Waals surface area contributed by atoms with Gasteiger partial charge >= 0.3 is 0 Å². The summed E-state index contributed by atoms with van der Waals surface area (Å²) in [6.07, 6.45) is 0. The summed E-state index contributed by atoms with van der Waals surface area (Å²) in [6, 6.07) is 0. The molecule has 1 amide bonds. The second-order valence-corrected chi connectivity index (χ2v) is 3.70. The van der Waals surface area contributed by atoms with Crippen LogP contribution in [0.1, 0.15) is 20.8 Å². The van der Waals surface area contributed by atoms with Gasteiger partial charge < -0.3 is 5.32 Å². The molecule has 0 aliphatic heterocycles. The molecule has 0 fully saturated rings. The van der Waals surface area contributed by atoms with Crippen molar-refractivity contribution in [3.63, 3.8) is 0 Å². The molecule has 1 rings (SSSR count). The third-order valence-electron chi connectivity index (χ3n) is 1.92. The van der Waals surface area contributed by atoms with Crippen LogP contribution in [0.2, 0.25) is 0 Å². The number of tetrazole rings is 1. The summed E-state index contributed by atoms with van der Waals surface area (Å²) in [5, 5.41) is 12.4. The molecule has 0 saturated carbocycles. The number of carbonyl (C=O) groups is 1. The number of carbonyl (C=O) groups excluding carboxylic acids is 1. The quantitative estimate of drug-likeness (QED) is 0.707. The van der Waals surface area contributed by atoms with Gasteiger partial charge in [-0.1, -0.05) is 10.3 Å². The van der Waals surface area contributed by atoms with Crippen molar-refractivity contribution in [3.8, 4) is 0 Å². The lowest BCUT2D eigenvalue weighted by atomic mass is 10.1. The van der Waals surface area contributed by atoms with Gasteiger partial charge in [0, 0.05) is 6.54 Å². The first-order valence-corrected chi connectivity index (χ1v) is 4.70. The topological polar surface area (TPSA) is 75.6 Å². The van der Waals surface area contributed by atoms with Crippen LogP contribution in [0.4, 0.5) is 0 Å². The maximum absolute atomic E-state index is 11.7. The van der Waals surface area contributed by atoms with E-state index in [0.29, 0.717) is 6.54 Å². The van der Waals surface area contributed by atoms with E-state index < -0.39 is 5.54 Å². The summed E-state index contributed by atoms with van der Waals surface area (Å²) in [6.45, 7) is 5.93. The fourth-order valence-electron chi connectivity index (χ4n) is 1.04. The second kappa shape index (κ2) is 3.87. The zero-order valence-electron chi connectivity index (χ0n) is 8.37. The molecule has 2 N–H and O–H groups in total. The maximum Gasteiger partial charge on any atom is 0.247 e. The van der Waals surface area contributed by atoms with Crippen LogP contribution in [-0.2, 0) is 10.3 Å². The van der Waals surface area contributed by atoms with E-state index in [4.69, 9.17) is 12.2 Å². The van der Waals surface area contributed by atoms with Gasteiger partial charge in [-0.3, -0.25) is 4.79 Å². The average molecular weight is 215 g/mol. The fraction of sp³-hybridized carbons (Fsp3) is 0.714. The van der Waals surface area contributed by atoms with E-state index in [0.717, 1.165) is 0 Å². The van der Waals surface area contributed by atoms with Gasteiger partial charge in [0.25, 0.3) is 0 Å². The van der Waals surface area contributed by atoms with Crippen LogP contribution in [-0.4, -0.2) is 32.7 Å². The Hall–Kier alpha value is -1.24. The molecule has 78 valence electrons. The van der Waals surface area contributed by atoms with E-state index >= 15 is 0 Å². The van der Waals surface area contributed by atoms with Gasteiger partial charge in [-0.15, -0.1) is 0 Å². The van der Waals surface area contributed by atoms with Crippen LogP contribution in [0, 0.1) is 4.77 Å². The summed E-state index contributed by atoms with van der Waals surface area (Å²) >= 11 is 4.91. The lowest BCUT2D eigenvalue weighted by Crippen LogP contribution is -2.45. The van der Waals surface area contributed by atoms with Crippen molar-refractivity contribution in [1.82, 2.24) is 25.5 Å². The molecular weight excluding hydrogens is 202 g/mol. The highest BCUT2D eigenvalue weighted by atomic mass is 32.1. The molecule has 0 aromatic carbocycles. The molecule has 0 aliphatic rings. The lowest BCUT2D eigenvalue weighted by Gasteiger charge is -2.23. The average Bonchev–Trinajstić information content (AvgIpc) is 2.52. The number of likely N-dealkylation sites (N-methyl/N-ethyl adjacent to an activating group) is 1. The normalized spacial score (nSPS) is 11.4. The predicted octanol–water partition coefficient (Wildman–Crippen LogP) is 0.207. The minimum atomic E-state index is -0.795. The van der Waals surface area contributed by atoms with Crippen LogP contribution in [0.5, 0.6) is 0 Å². The summed E-state index contributed by atoms with van der Waals surface area (Å²) in [5.41, 5.74) is -0.795. The number of H-pyrrole nitrogens is 1. The number of hydrogen-bond donors (Lipinski definition) is 2. The smallest absolute Gasteiger partial charge is 0.247 e. The van der Waals surface area contributed by atoms with Crippen molar-refractivity contribution in [2.75, 3.05) is 6.54 Å². The molecule has 0 radical (unpaired) electrons. The predicted molar refractivity (Wildman–Crippen MR) is 53.2 cm³/mol. The van der Waals surface area contributed by atoms with E-state index in [9.17, 15) is 4.79 Å². The van der Waals surface area contributed by atoms with Gasteiger partial charge in [-0.05, 0) is 33.0 Å². The van der Waals surface area contributed by atoms with Crippen molar-refractivity contribution in [1.29, 1.82) is 0 Å². The zero-order valence-corrected chi connectivity index (χ0v) is 9.18. The number of amides is 1. The van der Waals surface area contributed by atoms with E-state index in [1.54, 1.807) is 13.8 Å². The molecule has 0 spiro atoms. The molecule has 6 nitrogen and oxygen atoms in total. The minimum absolute atomic E-state index is 0.123. The van der Waals surface area contributed by atoms with Crippen molar-refractivity contribution >= 4 is 18.1 Å². The van der Waals surface area contributed by atoms with Crippen LogP contribution >= 0.6 is 12.2 Å². The Morgan fingerprint density at radius 3 is 2.79 bits per heavy atom. The van der Waals surface area contributed by atoms with Crippen LogP contribution in [0.25, 0.3) is 0 Å². The fourth-order valence-corrected chi connectivity index (χ4v) is 1.35. The Morgan fingerprint density at radius 2 is 2.36 bits per heavy atom. The number of nitrogens with one attached hydrogen (secondary N) is 2. The Balaban J connectivity index is 3.02. The second-order valence-electron chi connectivity index (χ2n) is 3.34. The van der Waals surface area contributed by atoms with Crippen LogP contribution < -0.4 is 5.32 Å². The first-order valence-electron chi connectivity index (χ1n) is 4.29. The van der Waals surface area contributed by atoms with E-state index in [1.165, 1.54) is 4.68 Å². The molecule has 0 unspecified atom stereocenters. The zero-order chi connectivity index (χ0) is 10.8. The highest BCUT2D eigenvalue weighted by Crippen LogP contribution is 2.12. The Bertz CT molecular complexity index is 379. The summed E-state index contributed by atoms with van der Waals surface area (Å²) < 4.78 is 1.72. The summed E-state index contributed by atoms with van der Waals surface area (Å²) in [4.78, 5) is 11.7. The monoisotopic (exact) mass is 215 g/mol. The first-order chi connectivity index (χ1) is 6.50. The van der Waals surface area contributed by atoms with Crippen molar-refractivity contribution < 1.29 is 4.79 Å². The van der Waals surface area contributed by atoms with Gasteiger partial charge in [0.05, 0.1) is 0 Å². The van der Waals surface area contributed by atoms with Crippen molar-refractivity contribution in [2.45, 2.75) is 26.3 Å². The number of rotatable bonds is 3. The molecule has 0 aliphatic carbocycles. The number of aromatic amines is 1. The highest BCUT2D eigenvalue weighted by Gasteiger charge is 2.30. The molecular formula is C7H13N5OS. The summed E-state index contributed by atoms with van der Waals surface area (Å²) in [5.74, 6) is -0.123. The molecule has 1 aromatic rings. The molecule has 7 heteroatoms. The molecule has 14 heavy (non-hydrogen) atoms. The first kappa shape index (κ1) is 10.8. The van der Waals surface area contributed by atoms with Crippen LogP contribution in [0.3, 0.4) is 0 Å². The minimum Gasteiger partial charge on any atom is -0.354 e. The Morgan fingerprint density at radius 1 is 1.71 bits per heavy atom. The van der Waals surface area contributed by atoms with E-state index in [2.05, 4.69) is 20.8 Å². The molecule has 0 saturated heterocycles. The molecule has 1 aromatic heterocycles. The van der Waals surface area contributed by atoms with Gasteiger partial charge in [-0.25, -0.2) is 4.68 Å². The van der Waals surface area contributed by atoms with E-state index in [-0.39, 0.29) is 10.7 Å². The van der Waals surface area contributed by atoms with E-state index in [1.807, 2.05) is 6.92 Å². The van der Waals surface area contributed by atoms with Crippen molar-refractivity contribution in [3.05, 3.63) is 4.77 Å². The number of hydrogen-bond acceptors (Lipinski definition) is 4.